The first-order valence-corrected chi connectivity index (χ1v) is 5.76. The summed E-state index contributed by atoms with van der Waals surface area (Å²) in [5, 5.41) is 3.34. The minimum atomic E-state index is -4.49. The van der Waals surface area contributed by atoms with Gasteiger partial charge in [-0.05, 0) is 19.9 Å². The number of halogens is 3. The number of hydrogen-bond donors (Lipinski definition) is 0. The molecule has 1 heterocycles. The summed E-state index contributed by atoms with van der Waals surface area (Å²) in [6.45, 7) is 7.94. The van der Waals surface area contributed by atoms with Gasteiger partial charge in [-0.2, -0.15) is 18.3 Å². The number of nitrogens with zero attached hydrogens (tertiary/aromatic N) is 3. The molecule has 1 aromatic heterocycles. The zero-order valence-electron chi connectivity index (χ0n) is 10.9. The van der Waals surface area contributed by atoms with Gasteiger partial charge in [-0.1, -0.05) is 12.2 Å². The Morgan fingerprint density at radius 2 is 2.16 bits per heavy atom. The predicted molar refractivity (Wildman–Crippen MR) is 64.3 cm³/mol. The second kappa shape index (κ2) is 5.90. The summed E-state index contributed by atoms with van der Waals surface area (Å²) in [6, 6.07) is 0.850. The lowest BCUT2D eigenvalue weighted by Crippen LogP contribution is -2.35. The maximum atomic E-state index is 12.4. The number of amides is 1. The van der Waals surface area contributed by atoms with E-state index in [0.29, 0.717) is 13.1 Å². The van der Waals surface area contributed by atoms with Crippen LogP contribution in [-0.4, -0.2) is 33.7 Å². The number of alkyl halides is 3. The van der Waals surface area contributed by atoms with Crippen molar-refractivity contribution >= 4 is 5.91 Å². The van der Waals surface area contributed by atoms with Crippen LogP contribution in [0.5, 0.6) is 0 Å². The lowest BCUT2D eigenvalue weighted by Gasteiger charge is -2.20. The molecule has 0 bridgehead atoms. The summed E-state index contributed by atoms with van der Waals surface area (Å²) in [4.78, 5) is 13.4. The smallest absolute Gasteiger partial charge is 0.337 e. The minimum absolute atomic E-state index is 0.211. The SMILES string of the molecule is C=C(C)CN(CC)C(=O)Cn1ccc(C(F)(F)F)n1. The lowest BCUT2D eigenvalue weighted by molar-refractivity contribution is -0.142. The van der Waals surface area contributed by atoms with Crippen LogP contribution >= 0.6 is 0 Å². The maximum absolute atomic E-state index is 12.4. The fourth-order valence-electron chi connectivity index (χ4n) is 1.54. The molecule has 0 spiro atoms. The summed E-state index contributed by atoms with van der Waals surface area (Å²) in [5.74, 6) is -0.290. The van der Waals surface area contributed by atoms with Crippen molar-refractivity contribution in [2.24, 2.45) is 0 Å². The largest absolute Gasteiger partial charge is 0.435 e. The van der Waals surface area contributed by atoms with Gasteiger partial charge in [0.15, 0.2) is 5.69 Å². The summed E-state index contributed by atoms with van der Waals surface area (Å²) in [6.07, 6.45) is -3.34. The molecular weight excluding hydrogens is 259 g/mol. The molecule has 1 rings (SSSR count). The van der Waals surface area contributed by atoms with Crippen LogP contribution in [0.4, 0.5) is 13.2 Å². The Labute approximate surface area is 109 Å². The van der Waals surface area contributed by atoms with Crippen molar-refractivity contribution in [1.82, 2.24) is 14.7 Å². The molecule has 0 fully saturated rings. The second-order valence-corrected chi connectivity index (χ2v) is 4.26. The Hall–Kier alpha value is -1.79. The molecule has 0 aliphatic rings. The third kappa shape index (κ3) is 4.42. The number of carbonyl (C=O) groups is 1. The van der Waals surface area contributed by atoms with Crippen molar-refractivity contribution < 1.29 is 18.0 Å². The molecule has 106 valence electrons. The Balaban J connectivity index is 2.71. The third-order valence-electron chi connectivity index (χ3n) is 2.42. The van der Waals surface area contributed by atoms with Crippen molar-refractivity contribution in [3.05, 3.63) is 30.1 Å². The Kier molecular flexibility index (Phi) is 4.74. The number of rotatable bonds is 5. The number of likely N-dealkylation sites (N-methyl/N-ethyl adjacent to an activating group) is 1. The number of aromatic nitrogens is 2. The molecule has 1 amide bonds. The van der Waals surface area contributed by atoms with E-state index in [9.17, 15) is 18.0 Å². The molecule has 1 aromatic rings. The predicted octanol–water partition coefficient (Wildman–Crippen LogP) is 2.33. The Morgan fingerprint density at radius 1 is 1.53 bits per heavy atom. The molecule has 0 saturated carbocycles. The van der Waals surface area contributed by atoms with E-state index in [4.69, 9.17) is 0 Å². The average Bonchev–Trinajstić information content (AvgIpc) is 2.73. The van der Waals surface area contributed by atoms with Crippen LogP contribution in [0.2, 0.25) is 0 Å². The molecule has 0 aromatic carbocycles. The molecular formula is C12H16F3N3O. The van der Waals surface area contributed by atoms with E-state index in [1.54, 1.807) is 13.8 Å². The third-order valence-corrected chi connectivity index (χ3v) is 2.42. The van der Waals surface area contributed by atoms with Crippen molar-refractivity contribution in [2.45, 2.75) is 26.6 Å². The number of carbonyl (C=O) groups excluding carboxylic acids is 1. The first kappa shape index (κ1) is 15.3. The molecule has 0 aliphatic carbocycles. The van der Waals surface area contributed by atoms with Gasteiger partial charge in [-0.25, -0.2) is 0 Å². The van der Waals surface area contributed by atoms with E-state index in [-0.39, 0.29) is 12.5 Å². The highest BCUT2D eigenvalue weighted by Gasteiger charge is 2.33. The molecule has 0 aliphatic heterocycles. The zero-order valence-corrected chi connectivity index (χ0v) is 10.9. The van der Waals surface area contributed by atoms with Gasteiger partial charge in [0, 0.05) is 19.3 Å². The Morgan fingerprint density at radius 3 is 2.58 bits per heavy atom. The van der Waals surface area contributed by atoms with Gasteiger partial charge in [0.2, 0.25) is 5.91 Å². The molecule has 0 radical (unpaired) electrons. The minimum Gasteiger partial charge on any atom is -0.337 e. The molecule has 0 atom stereocenters. The van der Waals surface area contributed by atoms with Crippen LogP contribution in [0.25, 0.3) is 0 Å². The van der Waals surface area contributed by atoms with Crippen molar-refractivity contribution in [1.29, 1.82) is 0 Å². The van der Waals surface area contributed by atoms with E-state index in [1.807, 2.05) is 0 Å². The molecule has 0 N–H and O–H groups in total. The topological polar surface area (TPSA) is 38.1 Å². The van der Waals surface area contributed by atoms with Crippen LogP contribution in [-0.2, 0) is 17.5 Å². The zero-order chi connectivity index (χ0) is 14.6. The van der Waals surface area contributed by atoms with Crippen LogP contribution in [0, 0.1) is 0 Å². The van der Waals surface area contributed by atoms with Gasteiger partial charge in [0.1, 0.15) is 6.54 Å². The van der Waals surface area contributed by atoms with Crippen molar-refractivity contribution in [3.63, 3.8) is 0 Å². The molecule has 7 heteroatoms. The highest BCUT2D eigenvalue weighted by molar-refractivity contribution is 5.76. The molecule has 0 saturated heterocycles. The van der Waals surface area contributed by atoms with E-state index < -0.39 is 11.9 Å². The van der Waals surface area contributed by atoms with Gasteiger partial charge in [0.25, 0.3) is 0 Å². The van der Waals surface area contributed by atoms with E-state index in [2.05, 4.69) is 11.7 Å². The van der Waals surface area contributed by atoms with Crippen molar-refractivity contribution in [3.8, 4) is 0 Å². The summed E-state index contributed by atoms with van der Waals surface area (Å²) >= 11 is 0. The highest BCUT2D eigenvalue weighted by atomic mass is 19.4. The maximum Gasteiger partial charge on any atom is 0.435 e. The Bertz CT molecular complexity index is 465. The van der Waals surface area contributed by atoms with Gasteiger partial charge in [-0.15, -0.1) is 0 Å². The quantitative estimate of drug-likeness (QED) is 0.773. The van der Waals surface area contributed by atoms with Crippen LogP contribution in [0.3, 0.4) is 0 Å². The summed E-state index contributed by atoms with van der Waals surface area (Å²) in [5.41, 5.74) is -0.185. The highest BCUT2D eigenvalue weighted by Crippen LogP contribution is 2.27. The first-order valence-electron chi connectivity index (χ1n) is 5.76. The average molecular weight is 275 g/mol. The normalized spacial score (nSPS) is 11.4. The second-order valence-electron chi connectivity index (χ2n) is 4.26. The summed E-state index contributed by atoms with van der Waals surface area (Å²) < 4.78 is 38.1. The fourth-order valence-corrected chi connectivity index (χ4v) is 1.54. The standard InChI is InChI=1S/C12H16F3N3O/c1-4-17(7-9(2)3)11(19)8-18-6-5-10(16-18)12(13,14)15/h5-6H,2,4,7-8H2,1,3H3. The van der Waals surface area contributed by atoms with Gasteiger partial charge in [0.05, 0.1) is 0 Å². The monoisotopic (exact) mass is 275 g/mol. The fraction of sp³-hybridized carbons (Fsp3) is 0.500. The van der Waals surface area contributed by atoms with E-state index >= 15 is 0 Å². The van der Waals surface area contributed by atoms with Crippen molar-refractivity contribution in [2.75, 3.05) is 13.1 Å². The lowest BCUT2D eigenvalue weighted by atomic mass is 10.3. The van der Waals surface area contributed by atoms with Gasteiger partial charge in [-0.3, -0.25) is 9.48 Å². The molecule has 0 unspecified atom stereocenters. The summed E-state index contributed by atoms with van der Waals surface area (Å²) in [7, 11) is 0. The molecule has 4 nitrogen and oxygen atoms in total. The first-order chi connectivity index (χ1) is 8.74. The van der Waals surface area contributed by atoms with E-state index in [0.717, 1.165) is 22.5 Å². The number of hydrogen-bond acceptors (Lipinski definition) is 2. The van der Waals surface area contributed by atoms with Crippen LogP contribution in [0.1, 0.15) is 19.5 Å². The van der Waals surface area contributed by atoms with E-state index in [1.165, 1.54) is 4.90 Å². The van der Waals surface area contributed by atoms with Gasteiger partial charge >= 0.3 is 6.18 Å². The van der Waals surface area contributed by atoms with Crippen LogP contribution in [0.15, 0.2) is 24.4 Å². The van der Waals surface area contributed by atoms with Crippen LogP contribution < -0.4 is 0 Å². The van der Waals surface area contributed by atoms with Gasteiger partial charge < -0.3 is 4.90 Å². The molecule has 19 heavy (non-hydrogen) atoms.